The van der Waals surface area contributed by atoms with Gasteiger partial charge in [-0.2, -0.15) is 0 Å². The van der Waals surface area contributed by atoms with Gasteiger partial charge in [-0.3, -0.25) is 14.7 Å². The molecule has 13 heteroatoms. The maximum Gasteiger partial charge on any atom is 0.325 e. The number of methoxy groups -OCH3 is 4. The summed E-state index contributed by atoms with van der Waals surface area (Å²) in [6.07, 6.45) is 8.43. The Morgan fingerprint density at radius 3 is 1.47 bits per heavy atom. The van der Waals surface area contributed by atoms with Crippen LogP contribution in [0.1, 0.15) is 104 Å². The highest BCUT2D eigenvalue weighted by Crippen LogP contribution is 2.50. The molecule has 6 aliphatic rings. The van der Waals surface area contributed by atoms with Gasteiger partial charge in [0.05, 0.1) is 52.6 Å². The molecule has 1 N–H and O–H groups in total. The number of nitrogens with one attached hydrogen (secondary N) is 1. The minimum Gasteiger partial charge on any atom is -0.497 e. The molecule has 0 aromatic heterocycles. The molecule has 64 heavy (non-hydrogen) atoms. The van der Waals surface area contributed by atoms with E-state index in [9.17, 15) is 9.59 Å². The summed E-state index contributed by atoms with van der Waals surface area (Å²) in [5, 5.41) is 3.45. The second-order valence-electron chi connectivity index (χ2n) is 18.3. The second kappa shape index (κ2) is 18.9. The third-order valence-corrected chi connectivity index (χ3v) is 14.6. The van der Waals surface area contributed by atoms with E-state index in [2.05, 4.69) is 98.0 Å². The van der Waals surface area contributed by atoms with Crippen LogP contribution in [0.15, 0.2) is 66.0 Å². The molecule has 9 rings (SSSR count). The van der Waals surface area contributed by atoms with Crippen molar-refractivity contribution in [1.82, 2.24) is 29.8 Å². The molecule has 4 fully saturated rings. The minimum atomic E-state index is -0.252. The van der Waals surface area contributed by atoms with Gasteiger partial charge in [0.25, 0.3) is 0 Å². The number of likely N-dealkylation sites (N-methyl/N-ethyl adjacent to an activating group) is 2. The van der Waals surface area contributed by atoms with Crippen molar-refractivity contribution >= 4 is 24.5 Å². The standard InChI is InChI=1S/C30H39N3O3.C21H29N3O3.ClH/c1-7-33-29(34)32-19-24-16-25(35-5)17-26(36-6)28(24)22(4)15-27(32)30(33)8-10-31(11-9-30)18-23-13-20(2)12-21(3)14-23;1-5-24-20(25)23-13-15-11-16(26-3)12-17(27-4)19(15)14(2)10-18(23)21(24)6-8-22-9-7-21;/h12-17,22H,7-11,18-19H2,1-6H3;10-12,14,22H,5-9,13H2,1-4H3;1H/t22-;14-;/m11./s1. The topological polar surface area (TPSA) is 99.3 Å². The number of fused-ring (bicyclic) bond motifs is 6. The van der Waals surface area contributed by atoms with Crippen LogP contribution in [-0.2, 0) is 19.6 Å². The van der Waals surface area contributed by atoms with Gasteiger partial charge < -0.3 is 34.1 Å². The Morgan fingerprint density at radius 1 is 0.625 bits per heavy atom. The second-order valence-corrected chi connectivity index (χ2v) is 18.3. The van der Waals surface area contributed by atoms with Gasteiger partial charge in [0.15, 0.2) is 0 Å². The van der Waals surface area contributed by atoms with E-state index in [4.69, 9.17) is 18.9 Å². The zero-order valence-electron chi connectivity index (χ0n) is 39.6. The molecule has 0 bridgehead atoms. The predicted octanol–water partition coefficient (Wildman–Crippen LogP) is 9.12. The van der Waals surface area contributed by atoms with E-state index in [0.29, 0.717) is 19.6 Å². The summed E-state index contributed by atoms with van der Waals surface area (Å²) in [6, 6.07) is 15.1. The highest BCUT2D eigenvalue weighted by atomic mass is 35.5. The molecule has 0 aliphatic carbocycles. The molecule has 3 aromatic rings. The van der Waals surface area contributed by atoms with Crippen LogP contribution in [-0.4, -0.2) is 115 Å². The summed E-state index contributed by atoms with van der Waals surface area (Å²) < 4.78 is 22.5. The number of carbonyl (C=O) groups is 2. The number of amides is 4. The Hall–Kier alpha value is -4.91. The fourth-order valence-corrected chi connectivity index (χ4v) is 11.9. The Balaban J connectivity index is 0.000000196. The van der Waals surface area contributed by atoms with Crippen molar-refractivity contribution in [3.05, 3.63) is 105 Å². The number of carbonyl (C=O) groups excluding carboxylic acids is 2. The highest BCUT2D eigenvalue weighted by molar-refractivity contribution is 5.85. The molecule has 4 saturated heterocycles. The number of halogens is 1. The molecule has 2 atom stereocenters. The quantitative estimate of drug-likeness (QED) is 0.239. The zero-order chi connectivity index (χ0) is 44.8. The summed E-state index contributed by atoms with van der Waals surface area (Å²) >= 11 is 0. The SMILES string of the molecule is CCN1C(=O)N2Cc3cc(OC)cc(OC)c3[C@H](C)C=C2C12CCN(Cc1cc(C)cc(C)c1)CC2.CCN1C(=O)N2Cc3cc(OC)cc(OC)c3[C@H](C)C=C2C12CCNCC2.Cl. The van der Waals surface area contributed by atoms with Crippen molar-refractivity contribution < 1.29 is 28.5 Å². The molecule has 4 amide bonds. The lowest BCUT2D eigenvalue weighted by molar-refractivity contribution is 0.0888. The molecule has 12 nitrogen and oxygen atoms in total. The minimum absolute atomic E-state index is 0. The van der Waals surface area contributed by atoms with E-state index in [-0.39, 0.29) is 47.4 Å². The number of hydrogen-bond donors (Lipinski definition) is 1. The Bertz CT molecular complexity index is 2280. The molecule has 0 radical (unpaired) electrons. The summed E-state index contributed by atoms with van der Waals surface area (Å²) in [7, 11) is 6.73. The first-order chi connectivity index (χ1) is 30.3. The molecule has 0 unspecified atom stereocenters. The van der Waals surface area contributed by atoms with E-state index < -0.39 is 0 Å². The monoisotopic (exact) mass is 896 g/mol. The van der Waals surface area contributed by atoms with Gasteiger partial charge in [0.1, 0.15) is 23.0 Å². The molecule has 2 spiro atoms. The normalized spacial score (nSPS) is 21.9. The average Bonchev–Trinajstić information content (AvgIpc) is 3.43. The van der Waals surface area contributed by atoms with E-state index in [0.717, 1.165) is 110 Å². The average molecular weight is 898 g/mol. The number of allylic oxidation sites excluding steroid dienone is 2. The number of nitrogens with zero attached hydrogens (tertiary/aromatic N) is 5. The summed E-state index contributed by atoms with van der Waals surface area (Å²) in [5.74, 6) is 3.47. The van der Waals surface area contributed by atoms with Crippen molar-refractivity contribution in [2.45, 2.75) is 110 Å². The molecule has 3 aromatic carbocycles. The van der Waals surface area contributed by atoms with Crippen molar-refractivity contribution in [3.8, 4) is 23.0 Å². The third kappa shape index (κ3) is 8.08. The largest absolute Gasteiger partial charge is 0.497 e. The maximum atomic E-state index is 13.8. The van der Waals surface area contributed by atoms with Crippen LogP contribution in [0.2, 0.25) is 0 Å². The fraction of sp³-hybridized carbons (Fsp3) is 0.529. The number of benzene rings is 3. The van der Waals surface area contributed by atoms with Gasteiger partial charge >= 0.3 is 12.1 Å². The summed E-state index contributed by atoms with van der Waals surface area (Å²) in [5.41, 5.74) is 10.4. The fourth-order valence-electron chi connectivity index (χ4n) is 11.9. The van der Waals surface area contributed by atoms with E-state index in [1.807, 2.05) is 28.0 Å². The van der Waals surface area contributed by atoms with E-state index in [1.54, 1.807) is 28.4 Å². The van der Waals surface area contributed by atoms with Crippen molar-refractivity contribution in [2.24, 2.45) is 0 Å². The van der Waals surface area contributed by atoms with Crippen LogP contribution in [0.25, 0.3) is 0 Å². The van der Waals surface area contributed by atoms with Crippen molar-refractivity contribution in [1.29, 1.82) is 0 Å². The first kappa shape index (κ1) is 47.1. The Morgan fingerprint density at radius 2 is 1.06 bits per heavy atom. The lowest BCUT2D eigenvalue weighted by Crippen LogP contribution is -2.53. The van der Waals surface area contributed by atoms with E-state index >= 15 is 0 Å². The number of hydrogen-bond acceptors (Lipinski definition) is 8. The number of likely N-dealkylation sites (tertiary alicyclic amines) is 1. The Kier molecular flexibility index (Phi) is 13.9. The predicted molar refractivity (Wildman–Crippen MR) is 254 cm³/mol. The van der Waals surface area contributed by atoms with Gasteiger partial charge in [0.2, 0.25) is 0 Å². The Labute approximate surface area is 386 Å². The molecular formula is C51H69ClN6O6. The van der Waals surface area contributed by atoms with E-state index in [1.165, 1.54) is 28.1 Å². The van der Waals surface area contributed by atoms with Crippen LogP contribution in [0.5, 0.6) is 23.0 Å². The highest BCUT2D eigenvalue weighted by Gasteiger charge is 2.56. The number of aryl methyl sites for hydroxylation is 2. The van der Waals surface area contributed by atoms with Crippen molar-refractivity contribution in [3.63, 3.8) is 0 Å². The summed E-state index contributed by atoms with van der Waals surface area (Å²) in [6.45, 7) is 20.3. The molecule has 6 aliphatic heterocycles. The maximum absolute atomic E-state index is 13.8. The third-order valence-electron chi connectivity index (χ3n) is 14.6. The lowest BCUT2D eigenvalue weighted by Gasteiger charge is -2.44. The smallest absolute Gasteiger partial charge is 0.325 e. The number of urea groups is 2. The first-order valence-electron chi connectivity index (χ1n) is 23.0. The molecular weight excluding hydrogens is 828 g/mol. The molecule has 6 heterocycles. The summed E-state index contributed by atoms with van der Waals surface area (Å²) in [4.78, 5) is 37.9. The molecule has 346 valence electrons. The van der Waals surface area contributed by atoms with Crippen LogP contribution in [0.4, 0.5) is 9.59 Å². The van der Waals surface area contributed by atoms with Crippen molar-refractivity contribution in [2.75, 3.05) is 67.7 Å². The zero-order valence-corrected chi connectivity index (χ0v) is 40.5. The van der Waals surface area contributed by atoms with Crippen LogP contribution >= 0.6 is 12.4 Å². The van der Waals surface area contributed by atoms with Gasteiger partial charge in [0, 0.05) is 79.2 Å². The lowest BCUT2D eigenvalue weighted by atomic mass is 9.82. The number of piperidine rings is 2. The molecule has 0 saturated carbocycles. The van der Waals surface area contributed by atoms with Crippen LogP contribution < -0.4 is 24.3 Å². The van der Waals surface area contributed by atoms with Crippen LogP contribution in [0, 0.1) is 13.8 Å². The van der Waals surface area contributed by atoms with Gasteiger partial charge in [-0.15, -0.1) is 12.4 Å². The van der Waals surface area contributed by atoms with Gasteiger partial charge in [-0.05, 0) is 95.3 Å². The van der Waals surface area contributed by atoms with Gasteiger partial charge in [-0.1, -0.05) is 55.3 Å². The number of rotatable bonds is 8. The van der Waals surface area contributed by atoms with Crippen LogP contribution in [0.3, 0.4) is 0 Å². The van der Waals surface area contributed by atoms with Gasteiger partial charge in [-0.25, -0.2) is 9.59 Å². The first-order valence-corrected chi connectivity index (χ1v) is 23.0. The number of ether oxygens (including phenoxy) is 4.